The quantitative estimate of drug-likeness (QED) is 0.491. The Morgan fingerprint density at radius 2 is 1.77 bits per heavy atom. The first-order valence-electron chi connectivity index (χ1n) is 9.59. The van der Waals surface area contributed by atoms with E-state index in [0.29, 0.717) is 17.0 Å². The third kappa shape index (κ3) is 6.08. The van der Waals surface area contributed by atoms with Gasteiger partial charge in [-0.1, -0.05) is 41.7 Å². The summed E-state index contributed by atoms with van der Waals surface area (Å²) in [5.74, 6) is -0.955. The van der Waals surface area contributed by atoms with Gasteiger partial charge in [0.2, 0.25) is 16.9 Å². The first-order chi connectivity index (χ1) is 14.8. The summed E-state index contributed by atoms with van der Waals surface area (Å²) in [7, 11) is 0. The monoisotopic (exact) mass is 460 g/mol. The Bertz CT molecular complexity index is 1040. The molecule has 1 aromatic heterocycles. The van der Waals surface area contributed by atoms with Gasteiger partial charge in [0.15, 0.2) is 0 Å². The number of benzene rings is 2. The van der Waals surface area contributed by atoms with Crippen molar-refractivity contribution in [2.45, 2.75) is 26.3 Å². The molecule has 2 aromatic carbocycles. The fourth-order valence-corrected chi connectivity index (χ4v) is 3.52. The van der Waals surface area contributed by atoms with Gasteiger partial charge in [0.25, 0.3) is 0 Å². The van der Waals surface area contributed by atoms with Crippen molar-refractivity contribution in [1.29, 1.82) is 0 Å². The minimum absolute atomic E-state index is 0.121. The van der Waals surface area contributed by atoms with E-state index in [9.17, 15) is 14.0 Å². The Morgan fingerprint density at radius 3 is 2.42 bits per heavy atom. The van der Waals surface area contributed by atoms with Crippen LogP contribution in [0.3, 0.4) is 0 Å². The van der Waals surface area contributed by atoms with Crippen LogP contribution in [0.5, 0.6) is 0 Å². The van der Waals surface area contributed by atoms with Gasteiger partial charge in [-0.15, -0.1) is 21.8 Å². The number of halogens is 2. The molecule has 0 aliphatic carbocycles. The van der Waals surface area contributed by atoms with Crippen molar-refractivity contribution in [3.05, 3.63) is 66.0 Å². The topological polar surface area (TPSA) is 84.0 Å². The zero-order chi connectivity index (χ0) is 22.4. The highest BCUT2D eigenvalue weighted by molar-refractivity contribution is 7.18. The number of rotatable bonds is 8. The number of carbonyl (C=O) groups is 2. The van der Waals surface area contributed by atoms with Gasteiger partial charge in [-0.05, 0) is 43.7 Å². The second kappa shape index (κ2) is 9.98. The first-order valence-corrected chi connectivity index (χ1v) is 10.9. The number of alkyl halides is 1. The highest BCUT2D eigenvalue weighted by Gasteiger charge is 2.31. The van der Waals surface area contributed by atoms with E-state index in [4.69, 9.17) is 11.6 Å². The first kappa shape index (κ1) is 22.8. The summed E-state index contributed by atoms with van der Waals surface area (Å²) in [5.41, 5.74) is 0.767. The van der Waals surface area contributed by atoms with E-state index in [1.807, 2.05) is 30.3 Å². The number of nitrogens with zero attached hydrogens (tertiary/aromatic N) is 2. The van der Waals surface area contributed by atoms with E-state index in [-0.39, 0.29) is 22.7 Å². The molecule has 31 heavy (non-hydrogen) atoms. The molecule has 9 heteroatoms. The number of amides is 2. The van der Waals surface area contributed by atoms with Crippen LogP contribution in [0.15, 0.2) is 54.6 Å². The minimum Gasteiger partial charge on any atom is -0.343 e. The summed E-state index contributed by atoms with van der Waals surface area (Å²) in [6, 6.07) is 14.4. The van der Waals surface area contributed by atoms with Gasteiger partial charge in [0, 0.05) is 17.9 Å². The van der Waals surface area contributed by atoms with Crippen molar-refractivity contribution in [3.63, 3.8) is 0 Å². The van der Waals surface area contributed by atoms with Crippen LogP contribution in [0.2, 0.25) is 0 Å². The van der Waals surface area contributed by atoms with Crippen molar-refractivity contribution in [3.8, 4) is 10.6 Å². The molecule has 0 bridgehead atoms. The number of hydrogen-bond donors (Lipinski definition) is 2. The summed E-state index contributed by atoms with van der Waals surface area (Å²) in [6.45, 7) is 3.43. The van der Waals surface area contributed by atoms with Gasteiger partial charge in [-0.3, -0.25) is 14.9 Å². The molecule has 162 valence electrons. The molecule has 0 saturated carbocycles. The largest absolute Gasteiger partial charge is 0.343 e. The second-order valence-electron chi connectivity index (χ2n) is 7.64. The number of carbonyl (C=O) groups excluding carboxylic acids is 2. The SMILES string of the molecule is CC(C)(CCl)C(=O)NC(Cc1ccccc1)C(=O)Nc1nnc(-c2ccc(F)cc2)s1. The lowest BCUT2D eigenvalue weighted by atomic mass is 9.94. The molecular formula is C22H22ClFN4O2S. The number of nitrogens with one attached hydrogen (secondary N) is 2. The molecule has 2 amide bonds. The van der Waals surface area contributed by atoms with Gasteiger partial charge in [-0.25, -0.2) is 4.39 Å². The Balaban J connectivity index is 1.76. The van der Waals surface area contributed by atoms with E-state index in [2.05, 4.69) is 20.8 Å². The fraction of sp³-hybridized carbons (Fsp3) is 0.273. The maximum absolute atomic E-state index is 13.1. The highest BCUT2D eigenvalue weighted by Crippen LogP contribution is 2.26. The van der Waals surface area contributed by atoms with Crippen molar-refractivity contribution < 1.29 is 14.0 Å². The summed E-state index contributed by atoms with van der Waals surface area (Å²) in [4.78, 5) is 25.6. The molecule has 0 fully saturated rings. The molecule has 2 N–H and O–H groups in total. The molecule has 6 nitrogen and oxygen atoms in total. The Labute approximate surface area is 188 Å². The Morgan fingerprint density at radius 1 is 1.10 bits per heavy atom. The second-order valence-corrected chi connectivity index (χ2v) is 8.89. The molecule has 0 saturated heterocycles. The van der Waals surface area contributed by atoms with E-state index in [1.54, 1.807) is 26.0 Å². The fourth-order valence-electron chi connectivity index (χ4n) is 2.65. The molecule has 1 atom stereocenters. The van der Waals surface area contributed by atoms with Crippen LogP contribution in [-0.4, -0.2) is 33.9 Å². The average molecular weight is 461 g/mol. The summed E-state index contributed by atoms with van der Waals surface area (Å²) >= 11 is 7.07. The molecule has 1 unspecified atom stereocenters. The zero-order valence-corrected chi connectivity index (χ0v) is 18.6. The van der Waals surface area contributed by atoms with E-state index >= 15 is 0 Å². The van der Waals surface area contributed by atoms with E-state index in [0.717, 1.165) is 16.9 Å². The minimum atomic E-state index is -0.824. The summed E-state index contributed by atoms with van der Waals surface area (Å²) in [5, 5.41) is 14.4. The average Bonchev–Trinajstić information content (AvgIpc) is 3.22. The van der Waals surface area contributed by atoms with Gasteiger partial charge < -0.3 is 5.32 Å². The predicted octanol–water partition coefficient (Wildman–Crippen LogP) is 4.28. The standard InChI is InChI=1S/C22H22ClFN4O2S/c1-22(2,13-23)20(30)25-17(12-14-6-4-3-5-7-14)18(29)26-21-28-27-19(31-21)15-8-10-16(24)11-9-15/h3-11,17H,12-13H2,1-2H3,(H,25,30)(H,26,28,29). The van der Waals surface area contributed by atoms with Crippen molar-refractivity contribution >= 4 is 39.9 Å². The summed E-state index contributed by atoms with van der Waals surface area (Å²) < 4.78 is 13.1. The smallest absolute Gasteiger partial charge is 0.249 e. The van der Waals surface area contributed by atoms with Gasteiger partial charge >= 0.3 is 0 Å². The third-order valence-electron chi connectivity index (χ3n) is 4.60. The van der Waals surface area contributed by atoms with Gasteiger partial charge in [0.1, 0.15) is 16.9 Å². The molecule has 1 heterocycles. The molecule has 0 spiro atoms. The Hall–Kier alpha value is -2.84. The number of aromatic nitrogens is 2. The van der Waals surface area contributed by atoms with Crippen molar-refractivity contribution in [2.75, 3.05) is 11.2 Å². The highest BCUT2D eigenvalue weighted by atomic mass is 35.5. The van der Waals surface area contributed by atoms with Crippen LogP contribution in [-0.2, 0) is 16.0 Å². The summed E-state index contributed by atoms with van der Waals surface area (Å²) in [6.07, 6.45) is 0.306. The third-order valence-corrected chi connectivity index (χ3v) is 6.16. The maximum Gasteiger partial charge on any atom is 0.249 e. The van der Waals surface area contributed by atoms with Gasteiger partial charge in [-0.2, -0.15) is 0 Å². The molecule has 0 aliphatic heterocycles. The van der Waals surface area contributed by atoms with Crippen LogP contribution in [0.1, 0.15) is 19.4 Å². The molecule has 0 radical (unpaired) electrons. The predicted molar refractivity (Wildman–Crippen MR) is 121 cm³/mol. The van der Waals surface area contributed by atoms with Crippen LogP contribution < -0.4 is 10.6 Å². The molecule has 0 aliphatic rings. The van der Waals surface area contributed by atoms with Crippen LogP contribution in [0.25, 0.3) is 10.6 Å². The van der Waals surface area contributed by atoms with Gasteiger partial charge in [0.05, 0.1) is 5.41 Å². The van der Waals surface area contributed by atoms with Crippen LogP contribution in [0, 0.1) is 11.2 Å². The van der Waals surface area contributed by atoms with Crippen molar-refractivity contribution in [2.24, 2.45) is 5.41 Å². The molecule has 3 rings (SSSR count). The van der Waals surface area contributed by atoms with E-state index in [1.165, 1.54) is 12.1 Å². The van der Waals surface area contributed by atoms with Crippen LogP contribution in [0.4, 0.5) is 9.52 Å². The maximum atomic E-state index is 13.1. The van der Waals surface area contributed by atoms with Crippen molar-refractivity contribution in [1.82, 2.24) is 15.5 Å². The Kier molecular flexibility index (Phi) is 7.35. The lowest BCUT2D eigenvalue weighted by Gasteiger charge is -2.25. The molecular weight excluding hydrogens is 439 g/mol. The molecule has 3 aromatic rings. The number of hydrogen-bond acceptors (Lipinski definition) is 5. The normalized spacial score (nSPS) is 12.3. The van der Waals surface area contributed by atoms with Crippen LogP contribution >= 0.6 is 22.9 Å². The number of anilines is 1. The van der Waals surface area contributed by atoms with E-state index < -0.39 is 17.4 Å². The zero-order valence-electron chi connectivity index (χ0n) is 17.1. The lowest BCUT2D eigenvalue weighted by molar-refractivity contribution is -0.131. The lowest BCUT2D eigenvalue weighted by Crippen LogP contribution is -2.50.